The standard InChI is InChI=1S/C12H7ClN2O5/c13-11-4-2-8(6-14-11)20-10-3-1-7(15(18)19)5-9(10)12(16)17/h1-6H,(H,16,17). The van der Waals surface area contributed by atoms with Gasteiger partial charge in [0.15, 0.2) is 0 Å². The summed E-state index contributed by atoms with van der Waals surface area (Å²) in [5.74, 6) is -1.08. The number of nitro groups is 1. The van der Waals surface area contributed by atoms with Crippen LogP contribution in [0.25, 0.3) is 0 Å². The second kappa shape index (κ2) is 5.54. The van der Waals surface area contributed by atoms with Crippen LogP contribution in [0, 0.1) is 10.1 Å². The van der Waals surface area contributed by atoms with Crippen LogP contribution < -0.4 is 4.74 Å². The maximum Gasteiger partial charge on any atom is 0.339 e. The number of nitrogens with zero attached hydrogens (tertiary/aromatic N) is 2. The number of halogens is 1. The molecular formula is C12H7ClN2O5. The van der Waals surface area contributed by atoms with Crippen LogP contribution in [0.3, 0.4) is 0 Å². The molecular weight excluding hydrogens is 288 g/mol. The van der Waals surface area contributed by atoms with E-state index in [0.717, 1.165) is 12.1 Å². The first-order valence-electron chi connectivity index (χ1n) is 5.28. The van der Waals surface area contributed by atoms with Gasteiger partial charge in [0.2, 0.25) is 0 Å². The monoisotopic (exact) mass is 294 g/mol. The van der Waals surface area contributed by atoms with Crippen molar-refractivity contribution in [1.29, 1.82) is 0 Å². The normalized spacial score (nSPS) is 10.1. The van der Waals surface area contributed by atoms with Crippen LogP contribution in [0.5, 0.6) is 11.5 Å². The largest absolute Gasteiger partial charge is 0.478 e. The van der Waals surface area contributed by atoms with Gasteiger partial charge in [-0.3, -0.25) is 10.1 Å². The van der Waals surface area contributed by atoms with E-state index in [2.05, 4.69) is 4.98 Å². The molecule has 0 aliphatic heterocycles. The summed E-state index contributed by atoms with van der Waals surface area (Å²) in [5.41, 5.74) is -0.641. The number of carbonyl (C=O) groups is 1. The minimum absolute atomic E-state index is 0.0211. The van der Waals surface area contributed by atoms with Gasteiger partial charge in [0.25, 0.3) is 5.69 Å². The number of carboxylic acids is 1. The summed E-state index contributed by atoms with van der Waals surface area (Å²) < 4.78 is 5.34. The summed E-state index contributed by atoms with van der Waals surface area (Å²) >= 11 is 5.62. The zero-order valence-corrected chi connectivity index (χ0v) is 10.6. The lowest BCUT2D eigenvalue weighted by Gasteiger charge is -2.08. The van der Waals surface area contributed by atoms with Crippen LogP contribution in [-0.2, 0) is 0 Å². The van der Waals surface area contributed by atoms with E-state index in [4.69, 9.17) is 21.4 Å². The molecule has 0 saturated heterocycles. The second-order valence-electron chi connectivity index (χ2n) is 3.66. The SMILES string of the molecule is O=C(O)c1cc([N+](=O)[O-])ccc1Oc1ccc(Cl)nc1. The third-order valence-corrected chi connectivity index (χ3v) is 2.56. The lowest BCUT2D eigenvalue weighted by Crippen LogP contribution is -2.01. The van der Waals surface area contributed by atoms with Gasteiger partial charge in [0, 0.05) is 12.1 Å². The van der Waals surface area contributed by atoms with Crippen molar-refractivity contribution in [3.63, 3.8) is 0 Å². The number of pyridine rings is 1. The molecule has 102 valence electrons. The van der Waals surface area contributed by atoms with Crippen molar-refractivity contribution in [1.82, 2.24) is 4.98 Å². The molecule has 7 nitrogen and oxygen atoms in total. The van der Waals surface area contributed by atoms with Crippen LogP contribution in [0.4, 0.5) is 5.69 Å². The Bertz CT molecular complexity index is 672. The zero-order valence-electron chi connectivity index (χ0n) is 9.82. The predicted molar refractivity (Wildman–Crippen MR) is 69.4 cm³/mol. The maximum absolute atomic E-state index is 11.1. The maximum atomic E-state index is 11.1. The highest BCUT2D eigenvalue weighted by Crippen LogP contribution is 2.28. The average Bonchev–Trinajstić information content (AvgIpc) is 2.41. The molecule has 1 heterocycles. The van der Waals surface area contributed by atoms with Gasteiger partial charge in [-0.05, 0) is 18.2 Å². The third-order valence-electron chi connectivity index (χ3n) is 2.33. The van der Waals surface area contributed by atoms with Gasteiger partial charge < -0.3 is 9.84 Å². The first-order chi connectivity index (χ1) is 9.47. The van der Waals surface area contributed by atoms with Gasteiger partial charge >= 0.3 is 5.97 Å². The highest BCUT2D eigenvalue weighted by Gasteiger charge is 2.17. The number of aromatic carboxylic acids is 1. The predicted octanol–water partition coefficient (Wildman–Crippen LogP) is 3.13. The molecule has 8 heteroatoms. The van der Waals surface area contributed by atoms with Crippen molar-refractivity contribution in [3.8, 4) is 11.5 Å². The fourth-order valence-corrected chi connectivity index (χ4v) is 1.55. The van der Waals surface area contributed by atoms with E-state index in [-0.39, 0.29) is 27.9 Å². The van der Waals surface area contributed by atoms with E-state index < -0.39 is 10.9 Å². The Hall–Kier alpha value is -2.67. The van der Waals surface area contributed by atoms with E-state index in [0.29, 0.717) is 0 Å². The topological polar surface area (TPSA) is 103 Å². The molecule has 1 N–H and O–H groups in total. The molecule has 0 unspecified atom stereocenters. The Morgan fingerprint density at radius 3 is 2.65 bits per heavy atom. The molecule has 2 rings (SSSR count). The Morgan fingerprint density at radius 2 is 2.10 bits per heavy atom. The summed E-state index contributed by atoms with van der Waals surface area (Å²) in [5, 5.41) is 19.9. The summed E-state index contributed by atoms with van der Waals surface area (Å²) in [6.45, 7) is 0. The molecule has 0 saturated carbocycles. The number of aromatic nitrogens is 1. The molecule has 0 aliphatic rings. The summed E-state index contributed by atoms with van der Waals surface area (Å²) in [7, 11) is 0. The van der Waals surface area contributed by atoms with E-state index in [1.165, 1.54) is 24.4 Å². The fraction of sp³-hybridized carbons (Fsp3) is 0. The first kappa shape index (κ1) is 13.8. The second-order valence-corrected chi connectivity index (χ2v) is 4.05. The van der Waals surface area contributed by atoms with Gasteiger partial charge in [0.05, 0.1) is 11.1 Å². The van der Waals surface area contributed by atoms with Crippen molar-refractivity contribution in [2.24, 2.45) is 0 Å². The highest BCUT2D eigenvalue weighted by atomic mass is 35.5. The van der Waals surface area contributed by atoms with E-state index in [9.17, 15) is 14.9 Å². The Morgan fingerprint density at radius 1 is 1.35 bits per heavy atom. The molecule has 2 aromatic rings. The third kappa shape index (κ3) is 3.01. The number of nitro benzene ring substituents is 1. The fourth-order valence-electron chi connectivity index (χ4n) is 1.44. The lowest BCUT2D eigenvalue weighted by atomic mass is 10.2. The van der Waals surface area contributed by atoms with Crippen LogP contribution in [0.15, 0.2) is 36.5 Å². The Balaban J connectivity index is 2.38. The molecule has 0 fully saturated rings. The zero-order chi connectivity index (χ0) is 14.7. The quantitative estimate of drug-likeness (QED) is 0.528. The summed E-state index contributed by atoms with van der Waals surface area (Å²) in [6.07, 6.45) is 1.31. The van der Waals surface area contributed by atoms with Gasteiger partial charge in [-0.2, -0.15) is 0 Å². The molecule has 0 amide bonds. The molecule has 20 heavy (non-hydrogen) atoms. The lowest BCUT2D eigenvalue weighted by molar-refractivity contribution is -0.384. The smallest absolute Gasteiger partial charge is 0.339 e. The molecule has 1 aromatic carbocycles. The van der Waals surface area contributed by atoms with Gasteiger partial charge in [0.1, 0.15) is 22.2 Å². The van der Waals surface area contributed by atoms with Crippen molar-refractivity contribution in [3.05, 3.63) is 57.4 Å². The summed E-state index contributed by atoms with van der Waals surface area (Å²) in [6, 6.07) is 6.29. The number of benzene rings is 1. The van der Waals surface area contributed by atoms with Crippen LogP contribution >= 0.6 is 11.6 Å². The minimum atomic E-state index is -1.33. The van der Waals surface area contributed by atoms with Gasteiger partial charge in [-0.25, -0.2) is 9.78 Å². The molecule has 0 radical (unpaired) electrons. The van der Waals surface area contributed by atoms with E-state index in [1.54, 1.807) is 0 Å². The average molecular weight is 295 g/mol. The number of non-ortho nitro benzene ring substituents is 1. The first-order valence-corrected chi connectivity index (χ1v) is 5.66. The number of carboxylic acid groups (broad SMARTS) is 1. The molecule has 0 aliphatic carbocycles. The number of hydrogen-bond donors (Lipinski definition) is 1. The van der Waals surface area contributed by atoms with Crippen LogP contribution in [0.2, 0.25) is 5.15 Å². The van der Waals surface area contributed by atoms with E-state index in [1.807, 2.05) is 0 Å². The van der Waals surface area contributed by atoms with Gasteiger partial charge in [-0.1, -0.05) is 11.6 Å². The summed E-state index contributed by atoms with van der Waals surface area (Å²) in [4.78, 5) is 24.8. The molecule has 1 aromatic heterocycles. The van der Waals surface area contributed by atoms with Crippen molar-refractivity contribution < 1.29 is 19.6 Å². The van der Waals surface area contributed by atoms with Crippen molar-refractivity contribution in [2.75, 3.05) is 0 Å². The number of ether oxygens (including phenoxy) is 1. The van der Waals surface area contributed by atoms with Crippen LogP contribution in [0.1, 0.15) is 10.4 Å². The van der Waals surface area contributed by atoms with Crippen molar-refractivity contribution >= 4 is 23.3 Å². The molecule has 0 bridgehead atoms. The number of rotatable bonds is 4. The van der Waals surface area contributed by atoms with Crippen molar-refractivity contribution in [2.45, 2.75) is 0 Å². The molecule has 0 atom stereocenters. The number of hydrogen-bond acceptors (Lipinski definition) is 5. The highest BCUT2D eigenvalue weighted by molar-refractivity contribution is 6.29. The Kier molecular flexibility index (Phi) is 3.81. The van der Waals surface area contributed by atoms with Crippen LogP contribution in [-0.4, -0.2) is 21.0 Å². The van der Waals surface area contributed by atoms with Gasteiger partial charge in [-0.15, -0.1) is 0 Å². The Labute approximate surface area is 117 Å². The van der Waals surface area contributed by atoms with E-state index >= 15 is 0 Å². The minimum Gasteiger partial charge on any atom is -0.478 e. The molecule has 0 spiro atoms.